The van der Waals surface area contributed by atoms with E-state index in [4.69, 9.17) is 32.9 Å². The van der Waals surface area contributed by atoms with Crippen LogP contribution in [0.2, 0.25) is 10.0 Å². The van der Waals surface area contributed by atoms with Gasteiger partial charge in [-0.25, -0.2) is 9.38 Å². The summed E-state index contributed by atoms with van der Waals surface area (Å²) in [6, 6.07) is 15.9. The van der Waals surface area contributed by atoms with E-state index in [2.05, 4.69) is 20.9 Å². The third-order valence-electron chi connectivity index (χ3n) is 8.04. The van der Waals surface area contributed by atoms with Crippen LogP contribution in [0.3, 0.4) is 0 Å². The Morgan fingerprint density at radius 1 is 1.05 bits per heavy atom. The highest BCUT2D eigenvalue weighted by Crippen LogP contribution is 2.34. The number of carbonyl (C=O) groups is 1. The van der Waals surface area contributed by atoms with Gasteiger partial charge in [-0.05, 0) is 67.9 Å². The van der Waals surface area contributed by atoms with Crippen LogP contribution in [0, 0.1) is 5.82 Å². The zero-order valence-corrected chi connectivity index (χ0v) is 25.3. The normalized spacial score (nSPS) is 16.8. The number of rotatable bonds is 5. The summed E-state index contributed by atoms with van der Waals surface area (Å²) >= 11 is 13.0. The molecule has 43 heavy (non-hydrogen) atoms. The molecule has 6 rings (SSSR count). The van der Waals surface area contributed by atoms with E-state index < -0.39 is 5.82 Å². The molecule has 1 saturated heterocycles. The van der Waals surface area contributed by atoms with Gasteiger partial charge in [0.05, 0.1) is 47.8 Å². The van der Waals surface area contributed by atoms with Gasteiger partial charge in [-0.3, -0.25) is 9.79 Å². The predicted octanol–water partition coefficient (Wildman–Crippen LogP) is 5.60. The molecule has 8 nitrogen and oxygen atoms in total. The first-order valence-corrected chi connectivity index (χ1v) is 14.9. The van der Waals surface area contributed by atoms with Crippen LogP contribution in [-0.2, 0) is 0 Å². The fraction of sp³-hybridized carbons (Fsp3) is 0.281. The van der Waals surface area contributed by atoms with Crippen molar-refractivity contribution in [3.63, 3.8) is 0 Å². The number of hydrogen-bond donors (Lipinski definition) is 3. The Morgan fingerprint density at radius 3 is 2.58 bits per heavy atom. The Hall–Kier alpha value is -3.92. The van der Waals surface area contributed by atoms with Crippen LogP contribution >= 0.6 is 23.2 Å². The topological polar surface area (TPSA) is 90.4 Å². The van der Waals surface area contributed by atoms with E-state index in [1.165, 1.54) is 13.2 Å². The lowest BCUT2D eigenvalue weighted by atomic mass is 9.94. The standard InChI is InChI=1S/C32H31Cl2FN6O2/c1-36-20-10-12-41(13-11-20)31(42)23-9-7-21(15-25(23)34)39-32-38-17-18-16-37-30(28-26(35)4-3-5-27(28)43-2)24-14-19(33)6-8-22(24)29(18)40-32/h3-9,14-15,20,36H,10-13,16-17H2,1-2H3,(H2,38,39,40). The molecule has 3 aliphatic heterocycles. The number of methoxy groups -OCH3 is 1. The molecule has 3 N–H and O–H groups in total. The van der Waals surface area contributed by atoms with Gasteiger partial charge in [0.2, 0.25) is 5.96 Å². The number of benzene rings is 3. The molecule has 222 valence electrons. The summed E-state index contributed by atoms with van der Waals surface area (Å²) in [4.78, 5) is 24.5. The van der Waals surface area contributed by atoms with E-state index in [0.29, 0.717) is 76.5 Å². The minimum absolute atomic E-state index is 0.0648. The third-order valence-corrected chi connectivity index (χ3v) is 8.59. The lowest BCUT2D eigenvalue weighted by Gasteiger charge is -2.32. The third kappa shape index (κ3) is 5.85. The van der Waals surface area contributed by atoms with Crippen molar-refractivity contribution < 1.29 is 13.9 Å². The van der Waals surface area contributed by atoms with Crippen LogP contribution in [0.25, 0.3) is 5.70 Å². The van der Waals surface area contributed by atoms with Gasteiger partial charge in [-0.15, -0.1) is 0 Å². The molecule has 3 aromatic carbocycles. The van der Waals surface area contributed by atoms with Crippen molar-refractivity contribution in [1.82, 2.24) is 15.5 Å². The van der Waals surface area contributed by atoms with Crippen LogP contribution in [-0.4, -0.2) is 68.9 Å². The Bertz CT molecular complexity index is 1680. The predicted molar refractivity (Wildman–Crippen MR) is 170 cm³/mol. The number of likely N-dealkylation sites (tertiary alicyclic amines) is 1. The molecular weight excluding hydrogens is 590 g/mol. The Morgan fingerprint density at radius 2 is 1.84 bits per heavy atom. The summed E-state index contributed by atoms with van der Waals surface area (Å²) in [5.74, 6) is 0.398. The number of nitrogens with zero attached hydrogens (tertiary/aromatic N) is 3. The van der Waals surface area contributed by atoms with E-state index >= 15 is 4.39 Å². The monoisotopic (exact) mass is 620 g/mol. The van der Waals surface area contributed by atoms with Crippen molar-refractivity contribution in [3.8, 4) is 5.75 Å². The average molecular weight is 622 g/mol. The maximum absolute atomic E-state index is 15.2. The largest absolute Gasteiger partial charge is 0.496 e. The van der Waals surface area contributed by atoms with Gasteiger partial charge < -0.3 is 25.6 Å². The van der Waals surface area contributed by atoms with Gasteiger partial charge in [0.1, 0.15) is 11.6 Å². The van der Waals surface area contributed by atoms with Crippen molar-refractivity contribution in [2.24, 2.45) is 9.98 Å². The van der Waals surface area contributed by atoms with Crippen molar-refractivity contribution in [3.05, 3.63) is 98.3 Å². The highest BCUT2D eigenvalue weighted by molar-refractivity contribution is 6.34. The van der Waals surface area contributed by atoms with E-state index in [-0.39, 0.29) is 11.5 Å². The maximum Gasteiger partial charge on any atom is 0.255 e. The molecule has 0 atom stereocenters. The zero-order valence-electron chi connectivity index (χ0n) is 23.8. The number of halogens is 3. The van der Waals surface area contributed by atoms with Crippen molar-refractivity contribution in [1.29, 1.82) is 0 Å². The summed E-state index contributed by atoms with van der Waals surface area (Å²) in [6.07, 6.45) is 1.83. The Balaban J connectivity index is 1.23. The quantitative estimate of drug-likeness (QED) is 0.345. The number of ether oxygens (including phenoxy) is 1. The molecular formula is C32H31Cl2FN6O2. The molecule has 0 spiro atoms. The van der Waals surface area contributed by atoms with Gasteiger partial charge in [-0.2, -0.15) is 0 Å². The second kappa shape index (κ2) is 12.4. The minimum atomic E-state index is -0.434. The summed E-state index contributed by atoms with van der Waals surface area (Å²) in [5.41, 5.74) is 5.16. The molecule has 0 aliphatic carbocycles. The van der Waals surface area contributed by atoms with Gasteiger partial charge in [-0.1, -0.05) is 35.3 Å². The van der Waals surface area contributed by atoms with Crippen molar-refractivity contribution in [2.45, 2.75) is 18.9 Å². The molecule has 3 heterocycles. The lowest BCUT2D eigenvalue weighted by Crippen LogP contribution is -2.44. The molecule has 0 saturated carbocycles. The number of hydrogen-bond acceptors (Lipinski definition) is 7. The highest BCUT2D eigenvalue weighted by atomic mass is 35.5. The molecule has 0 radical (unpaired) electrons. The van der Waals surface area contributed by atoms with Crippen LogP contribution in [0.5, 0.6) is 5.75 Å². The number of piperidine rings is 1. The smallest absolute Gasteiger partial charge is 0.255 e. The molecule has 1 fully saturated rings. The first-order valence-electron chi connectivity index (χ1n) is 14.1. The molecule has 0 unspecified atom stereocenters. The van der Waals surface area contributed by atoms with Gasteiger partial charge in [0.25, 0.3) is 5.91 Å². The van der Waals surface area contributed by atoms with Crippen molar-refractivity contribution >= 4 is 52.2 Å². The number of nitrogens with one attached hydrogen (secondary N) is 3. The molecule has 3 aromatic rings. The van der Waals surface area contributed by atoms with Crippen LogP contribution in [0.1, 0.15) is 39.9 Å². The summed E-state index contributed by atoms with van der Waals surface area (Å²) in [5, 5.41) is 10.9. The number of aliphatic imine (C=N–C) groups is 2. The highest BCUT2D eigenvalue weighted by Gasteiger charge is 2.28. The lowest BCUT2D eigenvalue weighted by molar-refractivity contribution is 0.0707. The number of anilines is 1. The Labute approximate surface area is 259 Å². The SMILES string of the molecule is CNC1CCN(C(=O)c2ccc(NC3=NCC4=C(N3)c3ccc(Cl)cc3C(c3c(F)cccc3OC)=NC4)cc2Cl)CC1. The Kier molecular flexibility index (Phi) is 8.38. The first kappa shape index (κ1) is 29.2. The molecule has 3 aliphatic rings. The zero-order chi connectivity index (χ0) is 30.1. The number of fused-ring (bicyclic) bond motifs is 2. The summed E-state index contributed by atoms with van der Waals surface area (Å²) < 4.78 is 20.7. The first-order chi connectivity index (χ1) is 20.9. The summed E-state index contributed by atoms with van der Waals surface area (Å²) in [6.45, 7) is 2.08. The fourth-order valence-corrected chi connectivity index (χ4v) is 6.14. The van der Waals surface area contributed by atoms with Crippen LogP contribution in [0.4, 0.5) is 10.1 Å². The fourth-order valence-electron chi connectivity index (χ4n) is 5.71. The van der Waals surface area contributed by atoms with E-state index in [1.54, 1.807) is 36.4 Å². The molecule has 0 bridgehead atoms. The molecule has 0 aromatic heterocycles. The van der Waals surface area contributed by atoms with E-state index in [1.807, 2.05) is 24.1 Å². The number of guanidine groups is 1. The van der Waals surface area contributed by atoms with Crippen LogP contribution < -0.4 is 20.7 Å². The van der Waals surface area contributed by atoms with E-state index in [9.17, 15) is 4.79 Å². The maximum atomic E-state index is 15.2. The van der Waals surface area contributed by atoms with Crippen molar-refractivity contribution in [2.75, 3.05) is 45.7 Å². The second-order valence-electron chi connectivity index (χ2n) is 10.6. The minimum Gasteiger partial charge on any atom is -0.496 e. The molecule has 11 heteroatoms. The van der Waals surface area contributed by atoms with Gasteiger partial charge in [0, 0.05) is 41.0 Å². The van der Waals surface area contributed by atoms with Crippen LogP contribution in [0.15, 0.2) is 70.2 Å². The summed E-state index contributed by atoms with van der Waals surface area (Å²) in [7, 11) is 3.46. The van der Waals surface area contributed by atoms with E-state index in [0.717, 1.165) is 29.7 Å². The van der Waals surface area contributed by atoms with Gasteiger partial charge in [0.15, 0.2) is 0 Å². The average Bonchev–Trinajstić information content (AvgIpc) is 3.17. The second-order valence-corrected chi connectivity index (χ2v) is 11.5. The molecule has 1 amide bonds. The number of amides is 1. The van der Waals surface area contributed by atoms with Gasteiger partial charge >= 0.3 is 0 Å². The number of carbonyl (C=O) groups excluding carboxylic acids is 1.